The van der Waals surface area contributed by atoms with Crippen LogP contribution < -0.4 is 5.32 Å². The van der Waals surface area contributed by atoms with Crippen molar-refractivity contribution in [2.75, 3.05) is 5.32 Å². The molecule has 0 aliphatic carbocycles. The molecule has 6 heteroatoms. The van der Waals surface area contributed by atoms with Crippen LogP contribution in [0.4, 0.5) is 5.00 Å². The molecule has 5 nitrogen and oxygen atoms in total. The lowest BCUT2D eigenvalue weighted by molar-refractivity contribution is -0.116. The molecule has 0 aromatic carbocycles. The van der Waals surface area contributed by atoms with Gasteiger partial charge in [-0.2, -0.15) is 0 Å². The molecule has 110 valence electrons. The zero-order valence-electron chi connectivity index (χ0n) is 11.8. The molecule has 0 fully saturated rings. The number of aromatic carboxylic acids is 1. The SMILES string of the molecule is Cc1sc(NC(=O)CCc2ccccn2)c(C(=O)O)c1C. The predicted molar refractivity (Wildman–Crippen MR) is 81.9 cm³/mol. The maximum absolute atomic E-state index is 12.0. The van der Waals surface area contributed by atoms with E-state index < -0.39 is 5.97 Å². The standard InChI is InChI=1S/C15H16N2O3S/c1-9-10(2)21-14(13(9)15(19)20)17-12(18)7-6-11-5-3-4-8-16-11/h3-5,8H,6-7H2,1-2H3,(H,17,18)(H,19,20). The van der Waals surface area contributed by atoms with Gasteiger partial charge in [-0.25, -0.2) is 4.79 Å². The van der Waals surface area contributed by atoms with Gasteiger partial charge in [0.15, 0.2) is 0 Å². The molecule has 0 unspecified atom stereocenters. The second-order valence-electron chi connectivity index (χ2n) is 4.66. The average molecular weight is 304 g/mol. The molecule has 0 aliphatic heterocycles. The summed E-state index contributed by atoms with van der Waals surface area (Å²) in [5.74, 6) is -1.22. The monoisotopic (exact) mass is 304 g/mol. The smallest absolute Gasteiger partial charge is 0.338 e. The van der Waals surface area contributed by atoms with Gasteiger partial charge in [0.2, 0.25) is 5.91 Å². The first-order chi connectivity index (χ1) is 9.99. The fourth-order valence-electron chi connectivity index (χ4n) is 1.95. The average Bonchev–Trinajstić information content (AvgIpc) is 2.72. The summed E-state index contributed by atoms with van der Waals surface area (Å²) in [5.41, 5.74) is 1.72. The summed E-state index contributed by atoms with van der Waals surface area (Å²) in [5, 5.41) is 12.3. The number of amides is 1. The van der Waals surface area contributed by atoms with Gasteiger partial charge < -0.3 is 10.4 Å². The number of nitrogens with zero attached hydrogens (tertiary/aromatic N) is 1. The van der Waals surface area contributed by atoms with E-state index in [1.807, 2.05) is 25.1 Å². The second-order valence-corrected chi connectivity index (χ2v) is 5.89. The zero-order valence-corrected chi connectivity index (χ0v) is 12.7. The van der Waals surface area contributed by atoms with Crippen LogP contribution in [-0.4, -0.2) is 22.0 Å². The number of hydrogen-bond acceptors (Lipinski definition) is 4. The summed E-state index contributed by atoms with van der Waals surface area (Å²) in [7, 11) is 0. The Kier molecular flexibility index (Phi) is 4.70. The molecule has 0 radical (unpaired) electrons. The number of anilines is 1. The van der Waals surface area contributed by atoms with E-state index in [0.29, 0.717) is 17.0 Å². The summed E-state index contributed by atoms with van der Waals surface area (Å²) in [6, 6.07) is 5.55. The van der Waals surface area contributed by atoms with Crippen LogP contribution >= 0.6 is 11.3 Å². The Bertz CT molecular complexity index is 665. The third-order valence-electron chi connectivity index (χ3n) is 3.19. The molecule has 0 saturated carbocycles. The van der Waals surface area contributed by atoms with E-state index in [-0.39, 0.29) is 17.9 Å². The number of pyridine rings is 1. The van der Waals surface area contributed by atoms with Crippen LogP contribution in [0.3, 0.4) is 0 Å². The highest BCUT2D eigenvalue weighted by Crippen LogP contribution is 2.32. The summed E-state index contributed by atoms with van der Waals surface area (Å²) in [6.07, 6.45) is 2.48. The van der Waals surface area contributed by atoms with Crippen molar-refractivity contribution in [3.05, 3.63) is 46.1 Å². The van der Waals surface area contributed by atoms with Gasteiger partial charge in [-0.3, -0.25) is 9.78 Å². The van der Waals surface area contributed by atoms with Crippen LogP contribution in [0.15, 0.2) is 24.4 Å². The van der Waals surface area contributed by atoms with Gasteiger partial charge in [-0.1, -0.05) is 6.07 Å². The van der Waals surface area contributed by atoms with Gasteiger partial charge in [0.05, 0.1) is 5.56 Å². The zero-order chi connectivity index (χ0) is 15.4. The van der Waals surface area contributed by atoms with Crippen molar-refractivity contribution < 1.29 is 14.7 Å². The molecule has 0 aliphatic rings. The van der Waals surface area contributed by atoms with Gasteiger partial charge in [-0.05, 0) is 38.0 Å². The van der Waals surface area contributed by atoms with E-state index in [0.717, 1.165) is 10.6 Å². The Morgan fingerprint density at radius 3 is 2.71 bits per heavy atom. The molecule has 2 N–H and O–H groups in total. The fourth-order valence-corrected chi connectivity index (χ4v) is 3.02. The minimum absolute atomic E-state index is 0.184. The molecule has 0 bridgehead atoms. The van der Waals surface area contributed by atoms with Crippen LogP contribution in [0.25, 0.3) is 0 Å². The van der Waals surface area contributed by atoms with E-state index in [9.17, 15) is 14.7 Å². The largest absolute Gasteiger partial charge is 0.478 e. The van der Waals surface area contributed by atoms with Crippen molar-refractivity contribution >= 4 is 28.2 Å². The van der Waals surface area contributed by atoms with E-state index in [2.05, 4.69) is 10.3 Å². The Hall–Kier alpha value is -2.21. The first-order valence-corrected chi connectivity index (χ1v) is 7.33. The maximum atomic E-state index is 12.0. The van der Waals surface area contributed by atoms with Crippen molar-refractivity contribution in [3.63, 3.8) is 0 Å². The molecule has 2 aromatic heterocycles. The molecular formula is C15H16N2O3S. The minimum Gasteiger partial charge on any atom is -0.478 e. The number of carboxylic acid groups (broad SMARTS) is 1. The number of aromatic nitrogens is 1. The van der Waals surface area contributed by atoms with Crippen LogP contribution in [0.1, 0.15) is 32.9 Å². The third-order valence-corrected chi connectivity index (χ3v) is 4.31. The Morgan fingerprint density at radius 2 is 2.10 bits per heavy atom. The van der Waals surface area contributed by atoms with Gasteiger partial charge in [0.25, 0.3) is 0 Å². The molecule has 0 saturated heterocycles. The van der Waals surface area contributed by atoms with Crippen LogP contribution in [-0.2, 0) is 11.2 Å². The normalized spacial score (nSPS) is 10.4. The van der Waals surface area contributed by atoms with Crippen LogP contribution in [0, 0.1) is 13.8 Å². The van der Waals surface area contributed by atoms with E-state index in [1.165, 1.54) is 11.3 Å². The molecule has 0 spiro atoms. The summed E-state index contributed by atoms with van der Waals surface area (Å²) in [4.78, 5) is 28.3. The molecule has 0 atom stereocenters. The van der Waals surface area contributed by atoms with Gasteiger partial charge in [-0.15, -0.1) is 11.3 Å². The molecule has 1 amide bonds. The highest BCUT2D eigenvalue weighted by atomic mass is 32.1. The highest BCUT2D eigenvalue weighted by molar-refractivity contribution is 7.16. The Balaban J connectivity index is 2.03. The summed E-state index contributed by atoms with van der Waals surface area (Å²) in [6.45, 7) is 3.59. The van der Waals surface area contributed by atoms with E-state index in [4.69, 9.17) is 0 Å². The van der Waals surface area contributed by atoms with E-state index >= 15 is 0 Å². The van der Waals surface area contributed by atoms with Crippen LogP contribution in [0.5, 0.6) is 0 Å². The van der Waals surface area contributed by atoms with Crippen molar-refractivity contribution in [2.45, 2.75) is 26.7 Å². The van der Waals surface area contributed by atoms with Crippen molar-refractivity contribution in [1.29, 1.82) is 0 Å². The minimum atomic E-state index is -1.02. The predicted octanol–water partition coefficient (Wildman–Crippen LogP) is 3.03. The molecular weight excluding hydrogens is 288 g/mol. The number of carbonyl (C=O) groups is 2. The number of nitrogens with one attached hydrogen (secondary N) is 1. The van der Waals surface area contributed by atoms with Crippen molar-refractivity contribution in [2.24, 2.45) is 0 Å². The first-order valence-electron chi connectivity index (χ1n) is 6.52. The molecule has 2 heterocycles. The molecule has 2 rings (SSSR count). The lowest BCUT2D eigenvalue weighted by Crippen LogP contribution is -2.14. The van der Waals surface area contributed by atoms with Crippen molar-refractivity contribution in [1.82, 2.24) is 4.98 Å². The maximum Gasteiger partial charge on any atom is 0.338 e. The lowest BCUT2D eigenvalue weighted by Gasteiger charge is -2.04. The van der Waals surface area contributed by atoms with Gasteiger partial charge in [0.1, 0.15) is 5.00 Å². The number of rotatable bonds is 5. The second kappa shape index (κ2) is 6.49. The first kappa shape index (κ1) is 15.2. The molecule has 21 heavy (non-hydrogen) atoms. The fraction of sp³-hybridized carbons (Fsp3) is 0.267. The van der Waals surface area contributed by atoms with Crippen molar-refractivity contribution in [3.8, 4) is 0 Å². The van der Waals surface area contributed by atoms with Gasteiger partial charge >= 0.3 is 5.97 Å². The number of carbonyl (C=O) groups excluding carboxylic acids is 1. The lowest BCUT2D eigenvalue weighted by atomic mass is 10.1. The summed E-state index contributed by atoms with van der Waals surface area (Å²) >= 11 is 1.29. The highest BCUT2D eigenvalue weighted by Gasteiger charge is 2.20. The third kappa shape index (κ3) is 3.66. The number of aryl methyl sites for hydroxylation is 2. The number of thiophene rings is 1. The number of hydrogen-bond donors (Lipinski definition) is 2. The summed E-state index contributed by atoms with van der Waals surface area (Å²) < 4.78 is 0. The molecule has 2 aromatic rings. The van der Waals surface area contributed by atoms with Crippen LogP contribution in [0.2, 0.25) is 0 Å². The quantitative estimate of drug-likeness (QED) is 0.890. The Morgan fingerprint density at radius 1 is 1.33 bits per heavy atom. The van der Waals surface area contributed by atoms with E-state index in [1.54, 1.807) is 13.1 Å². The topological polar surface area (TPSA) is 79.3 Å². The Labute approximate surface area is 126 Å². The van der Waals surface area contributed by atoms with Gasteiger partial charge in [0, 0.05) is 23.2 Å². The number of carboxylic acids is 1.